The highest BCUT2D eigenvalue weighted by Gasteiger charge is 2.36. The molecule has 0 bridgehead atoms. The molecule has 0 saturated heterocycles. The molecule has 0 amide bonds. The maximum atomic E-state index is 5.37. The number of nitrogens with one attached hydrogen (secondary N) is 1. The highest BCUT2D eigenvalue weighted by molar-refractivity contribution is 4.93. The maximum absolute atomic E-state index is 5.37. The number of likely N-dealkylation sites (N-methyl/N-ethyl adjacent to an activating group) is 1. The molecule has 0 spiro atoms. The van der Waals surface area contributed by atoms with Crippen molar-refractivity contribution in [2.24, 2.45) is 11.8 Å². The Morgan fingerprint density at radius 2 is 1.90 bits per heavy atom. The van der Waals surface area contributed by atoms with E-state index < -0.39 is 0 Å². The van der Waals surface area contributed by atoms with E-state index >= 15 is 0 Å². The average molecular weight is 299 g/mol. The van der Waals surface area contributed by atoms with Crippen LogP contribution in [0.3, 0.4) is 0 Å². The Morgan fingerprint density at radius 3 is 2.43 bits per heavy atom. The van der Waals surface area contributed by atoms with E-state index in [0.29, 0.717) is 18.1 Å². The highest BCUT2D eigenvalue weighted by Crippen LogP contribution is 2.33. The smallest absolute Gasteiger partial charge is 0.0589 e. The minimum absolute atomic E-state index is 0.636. The first kappa shape index (κ1) is 18.9. The molecule has 1 saturated carbocycles. The zero-order valence-corrected chi connectivity index (χ0v) is 15.2. The van der Waals surface area contributed by atoms with Gasteiger partial charge in [0.25, 0.3) is 0 Å². The van der Waals surface area contributed by atoms with Crippen molar-refractivity contribution in [1.29, 1.82) is 0 Å². The molecular formula is C18H38N2O. The lowest BCUT2D eigenvalue weighted by atomic mass is 9.76. The lowest BCUT2D eigenvalue weighted by molar-refractivity contribution is 0.0336. The zero-order valence-electron chi connectivity index (χ0n) is 15.2. The second kappa shape index (κ2) is 9.81. The molecule has 1 N–H and O–H groups in total. The molecular weight excluding hydrogens is 260 g/mol. The molecule has 1 fully saturated rings. The van der Waals surface area contributed by atoms with Crippen LogP contribution in [-0.2, 0) is 4.74 Å². The predicted molar refractivity (Wildman–Crippen MR) is 91.8 cm³/mol. The van der Waals surface area contributed by atoms with Gasteiger partial charge in [-0.25, -0.2) is 0 Å². The van der Waals surface area contributed by atoms with Gasteiger partial charge in [0.1, 0.15) is 0 Å². The molecule has 1 aliphatic carbocycles. The Hall–Kier alpha value is -0.120. The van der Waals surface area contributed by atoms with Gasteiger partial charge in [-0.15, -0.1) is 0 Å². The lowest BCUT2D eigenvalue weighted by Crippen LogP contribution is -2.56. The van der Waals surface area contributed by atoms with E-state index in [-0.39, 0.29) is 0 Å². The number of rotatable bonds is 9. The van der Waals surface area contributed by atoms with E-state index in [4.69, 9.17) is 4.74 Å². The zero-order chi connectivity index (χ0) is 15.8. The van der Waals surface area contributed by atoms with Crippen LogP contribution >= 0.6 is 0 Å². The van der Waals surface area contributed by atoms with Gasteiger partial charge in [0.2, 0.25) is 0 Å². The average Bonchev–Trinajstić information content (AvgIpc) is 2.48. The molecule has 1 rings (SSSR count). The van der Waals surface area contributed by atoms with Crippen molar-refractivity contribution in [3.05, 3.63) is 0 Å². The molecule has 0 heterocycles. The summed E-state index contributed by atoms with van der Waals surface area (Å²) in [5, 5.41) is 3.75. The van der Waals surface area contributed by atoms with Crippen LogP contribution in [0, 0.1) is 11.8 Å². The van der Waals surface area contributed by atoms with Crippen molar-refractivity contribution in [3.8, 4) is 0 Å². The van der Waals surface area contributed by atoms with Crippen molar-refractivity contribution in [1.82, 2.24) is 10.2 Å². The van der Waals surface area contributed by atoms with Crippen LogP contribution in [0.15, 0.2) is 0 Å². The van der Waals surface area contributed by atoms with E-state index in [2.05, 4.69) is 44.8 Å². The summed E-state index contributed by atoms with van der Waals surface area (Å²) in [6, 6.07) is 1.95. The highest BCUT2D eigenvalue weighted by atomic mass is 16.5. The normalized spacial score (nSPS) is 28.3. The summed E-state index contributed by atoms with van der Waals surface area (Å²) in [6.45, 7) is 14.7. The monoisotopic (exact) mass is 298 g/mol. The molecule has 0 radical (unpaired) electrons. The second-order valence-corrected chi connectivity index (χ2v) is 7.04. The molecule has 4 unspecified atom stereocenters. The van der Waals surface area contributed by atoms with Crippen LogP contribution in [0.2, 0.25) is 0 Å². The Balaban J connectivity index is 2.83. The van der Waals surface area contributed by atoms with Crippen LogP contribution in [0.4, 0.5) is 0 Å². The third-order valence-electron chi connectivity index (χ3n) is 5.40. The van der Waals surface area contributed by atoms with Crippen LogP contribution < -0.4 is 5.32 Å². The standard InChI is InChI=1S/C18H38N2O/c1-7-15(5)20(11-12-21-6)18-13-16(14(3)4)9-10-17(18)19-8-2/h14-19H,7-13H2,1-6H3. The molecule has 1 aliphatic rings. The van der Waals surface area contributed by atoms with E-state index in [1.165, 1.54) is 25.7 Å². The van der Waals surface area contributed by atoms with E-state index in [0.717, 1.165) is 31.5 Å². The number of methoxy groups -OCH3 is 1. The molecule has 0 aliphatic heterocycles. The Kier molecular flexibility index (Phi) is 8.84. The minimum atomic E-state index is 0.636. The van der Waals surface area contributed by atoms with Crippen molar-refractivity contribution in [2.45, 2.75) is 78.4 Å². The minimum Gasteiger partial charge on any atom is -0.383 e. The predicted octanol–water partition coefficient (Wildman–Crippen LogP) is 3.54. The Labute approximate surface area is 132 Å². The summed E-state index contributed by atoms with van der Waals surface area (Å²) >= 11 is 0. The van der Waals surface area contributed by atoms with E-state index in [1.54, 1.807) is 0 Å². The van der Waals surface area contributed by atoms with Crippen molar-refractivity contribution in [2.75, 3.05) is 26.8 Å². The SMILES string of the molecule is CCNC1CCC(C(C)C)CC1N(CCOC)C(C)CC. The van der Waals surface area contributed by atoms with Gasteiger partial charge in [0, 0.05) is 31.8 Å². The van der Waals surface area contributed by atoms with E-state index in [9.17, 15) is 0 Å². The maximum Gasteiger partial charge on any atom is 0.0589 e. The summed E-state index contributed by atoms with van der Waals surface area (Å²) in [4.78, 5) is 2.71. The van der Waals surface area contributed by atoms with Gasteiger partial charge in [-0.3, -0.25) is 4.90 Å². The summed E-state index contributed by atoms with van der Waals surface area (Å²) in [5.41, 5.74) is 0. The molecule has 0 aromatic carbocycles. The van der Waals surface area contributed by atoms with Gasteiger partial charge in [-0.2, -0.15) is 0 Å². The fraction of sp³-hybridized carbons (Fsp3) is 1.00. The molecule has 4 atom stereocenters. The molecule has 3 heteroatoms. The number of nitrogens with zero attached hydrogens (tertiary/aromatic N) is 1. The lowest BCUT2D eigenvalue weighted by Gasteiger charge is -2.46. The van der Waals surface area contributed by atoms with Gasteiger partial charge >= 0.3 is 0 Å². The van der Waals surface area contributed by atoms with Crippen molar-refractivity contribution < 1.29 is 4.74 Å². The van der Waals surface area contributed by atoms with Gasteiger partial charge in [0.05, 0.1) is 6.61 Å². The number of hydrogen-bond donors (Lipinski definition) is 1. The number of hydrogen-bond acceptors (Lipinski definition) is 3. The topological polar surface area (TPSA) is 24.5 Å². The Bertz CT molecular complexity index is 270. The summed E-state index contributed by atoms with van der Waals surface area (Å²) in [5.74, 6) is 1.68. The first-order valence-electron chi connectivity index (χ1n) is 9.03. The first-order chi connectivity index (χ1) is 10.0. The Morgan fingerprint density at radius 1 is 1.19 bits per heavy atom. The van der Waals surface area contributed by atoms with Crippen LogP contribution in [0.5, 0.6) is 0 Å². The van der Waals surface area contributed by atoms with E-state index in [1.807, 2.05) is 7.11 Å². The third kappa shape index (κ3) is 5.54. The molecule has 0 aromatic heterocycles. The largest absolute Gasteiger partial charge is 0.383 e. The van der Waals surface area contributed by atoms with Crippen molar-refractivity contribution in [3.63, 3.8) is 0 Å². The molecule has 3 nitrogen and oxygen atoms in total. The van der Waals surface area contributed by atoms with Crippen LogP contribution in [-0.4, -0.2) is 49.8 Å². The summed E-state index contributed by atoms with van der Waals surface area (Å²) < 4.78 is 5.37. The quantitative estimate of drug-likeness (QED) is 0.704. The van der Waals surface area contributed by atoms with Crippen molar-refractivity contribution >= 4 is 0 Å². The van der Waals surface area contributed by atoms with Crippen LogP contribution in [0.1, 0.15) is 60.3 Å². The molecule has 126 valence electrons. The van der Waals surface area contributed by atoms with Gasteiger partial charge in [-0.05, 0) is 51.0 Å². The second-order valence-electron chi connectivity index (χ2n) is 7.04. The number of ether oxygens (including phenoxy) is 1. The van der Waals surface area contributed by atoms with Crippen LogP contribution in [0.25, 0.3) is 0 Å². The fourth-order valence-electron chi connectivity index (χ4n) is 3.79. The first-order valence-corrected chi connectivity index (χ1v) is 9.03. The summed E-state index contributed by atoms with van der Waals surface area (Å²) in [7, 11) is 1.81. The third-order valence-corrected chi connectivity index (χ3v) is 5.40. The molecule has 21 heavy (non-hydrogen) atoms. The summed E-state index contributed by atoms with van der Waals surface area (Å²) in [6.07, 6.45) is 5.25. The van der Waals surface area contributed by atoms with Gasteiger partial charge < -0.3 is 10.1 Å². The van der Waals surface area contributed by atoms with Gasteiger partial charge in [-0.1, -0.05) is 27.7 Å². The van der Waals surface area contributed by atoms with Gasteiger partial charge in [0.15, 0.2) is 0 Å². The fourth-order valence-corrected chi connectivity index (χ4v) is 3.79. The molecule has 0 aromatic rings.